The molecule has 26 heavy (non-hydrogen) atoms. The molecule has 1 fully saturated rings. The standard InChI is InChI=1S/C19H19N7/c1-2-5-15(6-3-1)19-22-21-17-8-9-18(23-26(17)19)25-11-4-7-16(25)13-24-12-10-20-14-24/h1-3,5-6,8-10,12,14,16H,4,7,11,13H2. The maximum absolute atomic E-state index is 4.87. The van der Waals surface area contributed by atoms with Crippen LogP contribution >= 0.6 is 0 Å². The summed E-state index contributed by atoms with van der Waals surface area (Å²) in [4.78, 5) is 6.53. The molecule has 7 heteroatoms. The SMILES string of the molecule is c1ccc(-c2nnc3ccc(N4CCCC4Cn4ccnc4)nn23)cc1. The zero-order valence-electron chi connectivity index (χ0n) is 14.3. The van der Waals surface area contributed by atoms with Crippen molar-refractivity contribution in [3.05, 3.63) is 61.2 Å². The van der Waals surface area contributed by atoms with Crippen LogP contribution in [-0.4, -0.2) is 41.9 Å². The highest BCUT2D eigenvalue weighted by Gasteiger charge is 2.26. The number of aromatic nitrogens is 6. The van der Waals surface area contributed by atoms with Gasteiger partial charge in [0.05, 0.1) is 6.33 Å². The third kappa shape index (κ3) is 2.61. The number of benzene rings is 1. The van der Waals surface area contributed by atoms with E-state index in [0.717, 1.165) is 42.4 Å². The molecule has 4 aromatic rings. The highest BCUT2D eigenvalue weighted by Crippen LogP contribution is 2.26. The van der Waals surface area contributed by atoms with E-state index in [1.807, 2.05) is 65.7 Å². The number of imidazole rings is 1. The molecule has 1 atom stereocenters. The molecule has 0 bridgehead atoms. The maximum Gasteiger partial charge on any atom is 0.185 e. The average Bonchev–Trinajstić information content (AvgIpc) is 3.43. The van der Waals surface area contributed by atoms with Crippen LogP contribution in [0.4, 0.5) is 5.82 Å². The largest absolute Gasteiger partial charge is 0.350 e. The third-order valence-electron chi connectivity index (χ3n) is 4.93. The summed E-state index contributed by atoms with van der Waals surface area (Å²) in [5, 5.41) is 13.5. The van der Waals surface area contributed by atoms with Gasteiger partial charge in [-0.25, -0.2) is 4.98 Å². The highest BCUT2D eigenvalue weighted by molar-refractivity contribution is 5.59. The summed E-state index contributed by atoms with van der Waals surface area (Å²) in [5.74, 6) is 1.74. The van der Waals surface area contributed by atoms with E-state index in [0.29, 0.717) is 6.04 Å². The summed E-state index contributed by atoms with van der Waals surface area (Å²) in [6.45, 7) is 1.94. The summed E-state index contributed by atoms with van der Waals surface area (Å²) < 4.78 is 3.98. The number of hydrogen-bond donors (Lipinski definition) is 0. The van der Waals surface area contributed by atoms with E-state index in [2.05, 4.69) is 24.6 Å². The molecule has 1 aliphatic heterocycles. The second-order valence-electron chi connectivity index (χ2n) is 6.60. The Morgan fingerprint density at radius 2 is 1.96 bits per heavy atom. The van der Waals surface area contributed by atoms with Crippen LogP contribution in [0.3, 0.4) is 0 Å². The quantitative estimate of drug-likeness (QED) is 0.569. The summed E-state index contributed by atoms with van der Waals surface area (Å²) in [6.07, 6.45) is 8.05. The van der Waals surface area contributed by atoms with Crippen LogP contribution < -0.4 is 4.90 Å². The number of nitrogens with zero attached hydrogens (tertiary/aromatic N) is 7. The minimum absolute atomic E-state index is 0.422. The van der Waals surface area contributed by atoms with Crippen molar-refractivity contribution in [3.63, 3.8) is 0 Å². The Bertz CT molecular complexity index is 1010. The van der Waals surface area contributed by atoms with Crippen molar-refractivity contribution in [3.8, 4) is 11.4 Å². The highest BCUT2D eigenvalue weighted by atomic mass is 15.4. The van der Waals surface area contributed by atoms with E-state index in [1.165, 1.54) is 6.42 Å². The van der Waals surface area contributed by atoms with E-state index in [9.17, 15) is 0 Å². The molecule has 0 radical (unpaired) electrons. The summed E-state index contributed by atoms with van der Waals surface area (Å²) in [7, 11) is 0. The molecule has 7 nitrogen and oxygen atoms in total. The number of anilines is 1. The van der Waals surface area contributed by atoms with Crippen molar-refractivity contribution >= 4 is 11.5 Å². The van der Waals surface area contributed by atoms with Gasteiger partial charge in [0.2, 0.25) is 0 Å². The Kier molecular flexibility index (Phi) is 3.62. The molecule has 130 valence electrons. The van der Waals surface area contributed by atoms with Crippen LogP contribution in [0.1, 0.15) is 12.8 Å². The molecular weight excluding hydrogens is 326 g/mol. The van der Waals surface area contributed by atoms with Gasteiger partial charge < -0.3 is 9.47 Å². The van der Waals surface area contributed by atoms with Gasteiger partial charge in [0.15, 0.2) is 11.5 Å². The fraction of sp³-hybridized carbons (Fsp3) is 0.263. The first-order valence-corrected chi connectivity index (χ1v) is 8.89. The molecule has 1 aromatic carbocycles. The summed E-state index contributed by atoms with van der Waals surface area (Å²) >= 11 is 0. The van der Waals surface area contributed by atoms with Crippen molar-refractivity contribution in [2.24, 2.45) is 0 Å². The summed E-state index contributed by atoms with van der Waals surface area (Å²) in [6, 6.07) is 14.5. The van der Waals surface area contributed by atoms with E-state index in [-0.39, 0.29) is 0 Å². The van der Waals surface area contributed by atoms with Gasteiger partial charge in [-0.05, 0) is 25.0 Å². The first-order valence-electron chi connectivity index (χ1n) is 8.89. The Balaban J connectivity index is 1.51. The van der Waals surface area contributed by atoms with Crippen molar-refractivity contribution in [2.45, 2.75) is 25.4 Å². The van der Waals surface area contributed by atoms with Crippen LogP contribution in [0.15, 0.2) is 61.2 Å². The topological polar surface area (TPSA) is 64.1 Å². The van der Waals surface area contributed by atoms with Crippen molar-refractivity contribution in [1.82, 2.24) is 29.4 Å². The molecule has 1 aliphatic rings. The van der Waals surface area contributed by atoms with E-state index in [1.54, 1.807) is 0 Å². The molecule has 0 N–H and O–H groups in total. The van der Waals surface area contributed by atoms with E-state index >= 15 is 0 Å². The zero-order valence-corrected chi connectivity index (χ0v) is 14.3. The lowest BCUT2D eigenvalue weighted by Gasteiger charge is -2.25. The van der Waals surface area contributed by atoms with Crippen LogP contribution in [0, 0.1) is 0 Å². The van der Waals surface area contributed by atoms with Crippen LogP contribution in [0.5, 0.6) is 0 Å². The summed E-state index contributed by atoms with van der Waals surface area (Å²) in [5.41, 5.74) is 1.78. The Morgan fingerprint density at radius 3 is 2.81 bits per heavy atom. The van der Waals surface area contributed by atoms with Gasteiger partial charge in [-0.2, -0.15) is 4.52 Å². The average molecular weight is 345 g/mol. The van der Waals surface area contributed by atoms with Crippen molar-refractivity contribution in [2.75, 3.05) is 11.4 Å². The van der Waals surface area contributed by atoms with Crippen LogP contribution in [0.2, 0.25) is 0 Å². The third-order valence-corrected chi connectivity index (χ3v) is 4.93. The minimum atomic E-state index is 0.422. The minimum Gasteiger partial charge on any atom is -0.350 e. The Hall–Kier alpha value is -3.22. The smallest absolute Gasteiger partial charge is 0.185 e. The monoisotopic (exact) mass is 345 g/mol. The molecule has 1 unspecified atom stereocenters. The zero-order chi connectivity index (χ0) is 17.3. The first-order chi connectivity index (χ1) is 12.9. The predicted octanol–water partition coefficient (Wildman–Crippen LogP) is 2.66. The second kappa shape index (κ2) is 6.25. The fourth-order valence-electron chi connectivity index (χ4n) is 3.66. The van der Waals surface area contributed by atoms with Crippen LogP contribution in [0.25, 0.3) is 17.0 Å². The second-order valence-corrected chi connectivity index (χ2v) is 6.60. The van der Waals surface area contributed by atoms with E-state index < -0.39 is 0 Å². The normalized spacial score (nSPS) is 17.2. The molecule has 0 saturated carbocycles. The predicted molar refractivity (Wildman–Crippen MR) is 98.8 cm³/mol. The lowest BCUT2D eigenvalue weighted by molar-refractivity contribution is 0.545. The fourth-order valence-corrected chi connectivity index (χ4v) is 3.66. The molecule has 0 aliphatic carbocycles. The lowest BCUT2D eigenvalue weighted by Crippen LogP contribution is -2.33. The van der Waals surface area contributed by atoms with Gasteiger partial charge in [0.25, 0.3) is 0 Å². The molecule has 3 aromatic heterocycles. The molecule has 0 spiro atoms. The molecule has 0 amide bonds. The maximum atomic E-state index is 4.87. The van der Waals surface area contributed by atoms with Gasteiger partial charge in [0, 0.05) is 37.1 Å². The number of rotatable bonds is 4. The molecule has 4 heterocycles. The van der Waals surface area contributed by atoms with Gasteiger partial charge >= 0.3 is 0 Å². The first kappa shape index (κ1) is 15.1. The van der Waals surface area contributed by atoms with Gasteiger partial charge in [0.1, 0.15) is 5.82 Å². The number of fused-ring (bicyclic) bond motifs is 1. The van der Waals surface area contributed by atoms with E-state index in [4.69, 9.17) is 5.10 Å². The molecular formula is C19H19N7. The van der Waals surface area contributed by atoms with Gasteiger partial charge in [-0.1, -0.05) is 30.3 Å². The molecule has 1 saturated heterocycles. The lowest BCUT2D eigenvalue weighted by atomic mass is 10.2. The van der Waals surface area contributed by atoms with Crippen molar-refractivity contribution in [1.29, 1.82) is 0 Å². The number of hydrogen-bond acceptors (Lipinski definition) is 5. The molecule has 5 rings (SSSR count). The Morgan fingerprint density at radius 1 is 1.04 bits per heavy atom. The van der Waals surface area contributed by atoms with Crippen molar-refractivity contribution < 1.29 is 0 Å². The Labute approximate surface area is 150 Å². The van der Waals surface area contributed by atoms with Crippen LogP contribution in [-0.2, 0) is 6.54 Å². The van der Waals surface area contributed by atoms with Gasteiger partial charge in [-0.15, -0.1) is 15.3 Å². The van der Waals surface area contributed by atoms with Gasteiger partial charge in [-0.3, -0.25) is 0 Å².